The molecule has 0 saturated carbocycles. The number of thioether (sulfide) groups is 1. The van der Waals surface area contributed by atoms with Gasteiger partial charge in [-0.2, -0.15) is 0 Å². The number of fused-ring (bicyclic) bond motifs is 1. The lowest BCUT2D eigenvalue weighted by atomic mass is 10.1. The van der Waals surface area contributed by atoms with Crippen molar-refractivity contribution in [2.75, 3.05) is 0 Å². The van der Waals surface area contributed by atoms with E-state index in [1.165, 1.54) is 23.9 Å². The largest absolute Gasteiger partial charge is 0.351 e. The van der Waals surface area contributed by atoms with Gasteiger partial charge in [-0.3, -0.25) is 14.2 Å². The fourth-order valence-electron chi connectivity index (χ4n) is 3.69. The monoisotopic (exact) mass is 461 g/mol. The third-order valence-corrected chi connectivity index (χ3v) is 6.49. The summed E-state index contributed by atoms with van der Waals surface area (Å²) in [5, 5.41) is 3.35. The van der Waals surface area contributed by atoms with Gasteiger partial charge in [-0.25, -0.2) is 9.37 Å². The van der Waals surface area contributed by atoms with Gasteiger partial charge in [-0.15, -0.1) is 0 Å². The number of para-hydroxylation sites is 2. The number of nitrogens with one attached hydrogen (secondary N) is 1. The summed E-state index contributed by atoms with van der Waals surface area (Å²) >= 11 is 1.24. The van der Waals surface area contributed by atoms with E-state index in [0.717, 1.165) is 22.4 Å². The fraction of sp³-hybridized carbons (Fsp3) is 0.192. The first-order valence-corrected chi connectivity index (χ1v) is 11.5. The maximum absolute atomic E-state index is 13.5. The summed E-state index contributed by atoms with van der Waals surface area (Å²) in [6.07, 6.45) is 0. The third-order valence-electron chi connectivity index (χ3n) is 5.44. The number of carbonyl (C=O) groups excluding carboxylic acids is 1. The molecule has 0 saturated heterocycles. The lowest BCUT2D eigenvalue weighted by Crippen LogP contribution is -2.31. The minimum atomic E-state index is -0.505. The Balaban J connectivity index is 1.68. The van der Waals surface area contributed by atoms with Crippen molar-refractivity contribution in [2.45, 2.75) is 37.7 Å². The molecule has 1 unspecified atom stereocenters. The van der Waals surface area contributed by atoms with E-state index in [0.29, 0.717) is 22.6 Å². The highest BCUT2D eigenvalue weighted by molar-refractivity contribution is 8.00. The predicted octanol–water partition coefficient (Wildman–Crippen LogP) is 4.94. The zero-order valence-corrected chi connectivity index (χ0v) is 19.4. The first-order valence-electron chi connectivity index (χ1n) is 10.6. The molecule has 1 aromatic heterocycles. The van der Waals surface area contributed by atoms with Crippen molar-refractivity contribution < 1.29 is 9.18 Å². The number of benzene rings is 3. The van der Waals surface area contributed by atoms with Crippen LogP contribution in [0.5, 0.6) is 0 Å². The zero-order chi connectivity index (χ0) is 23.5. The highest BCUT2D eigenvalue weighted by Crippen LogP contribution is 2.28. The molecular weight excluding hydrogens is 437 g/mol. The van der Waals surface area contributed by atoms with Crippen LogP contribution in [0.2, 0.25) is 0 Å². The van der Waals surface area contributed by atoms with E-state index in [9.17, 15) is 14.0 Å². The number of halogens is 1. The Bertz CT molecular complexity index is 1360. The number of carbonyl (C=O) groups is 1. The third kappa shape index (κ3) is 4.83. The summed E-state index contributed by atoms with van der Waals surface area (Å²) in [6.45, 7) is 5.98. The van der Waals surface area contributed by atoms with Gasteiger partial charge in [0.05, 0.1) is 21.8 Å². The Morgan fingerprint density at radius 1 is 1.03 bits per heavy atom. The van der Waals surface area contributed by atoms with Crippen LogP contribution >= 0.6 is 11.8 Å². The van der Waals surface area contributed by atoms with Gasteiger partial charge in [-0.1, -0.05) is 54.2 Å². The van der Waals surface area contributed by atoms with Crippen molar-refractivity contribution in [2.24, 2.45) is 0 Å². The van der Waals surface area contributed by atoms with Gasteiger partial charge in [0.1, 0.15) is 5.82 Å². The molecular formula is C26H24FN3O2S. The summed E-state index contributed by atoms with van der Waals surface area (Å²) in [6, 6.07) is 19.1. The van der Waals surface area contributed by atoms with Gasteiger partial charge < -0.3 is 5.32 Å². The van der Waals surface area contributed by atoms with Crippen molar-refractivity contribution >= 4 is 28.6 Å². The minimum absolute atomic E-state index is 0.167. The lowest BCUT2D eigenvalue weighted by molar-refractivity contribution is -0.120. The Kier molecular flexibility index (Phi) is 6.60. The number of rotatable bonds is 6. The SMILES string of the molecule is Cc1cccc(C)c1-n1c(SC(C)C(=O)NCc2ccc(F)cc2)nc2ccccc2c1=O. The van der Waals surface area contributed by atoms with E-state index in [4.69, 9.17) is 4.98 Å². The van der Waals surface area contributed by atoms with Crippen molar-refractivity contribution in [1.29, 1.82) is 0 Å². The molecule has 1 N–H and O–H groups in total. The maximum atomic E-state index is 13.5. The molecule has 0 radical (unpaired) electrons. The molecule has 0 spiro atoms. The van der Waals surface area contributed by atoms with Crippen LogP contribution in [0.25, 0.3) is 16.6 Å². The summed E-state index contributed by atoms with van der Waals surface area (Å²) in [5.74, 6) is -0.513. The zero-order valence-electron chi connectivity index (χ0n) is 18.6. The van der Waals surface area contributed by atoms with Gasteiger partial charge in [0.15, 0.2) is 5.16 Å². The molecule has 0 aliphatic heterocycles. The summed E-state index contributed by atoms with van der Waals surface area (Å²) < 4.78 is 14.7. The number of hydrogen-bond acceptors (Lipinski definition) is 4. The van der Waals surface area contributed by atoms with E-state index in [-0.39, 0.29) is 17.3 Å². The molecule has 5 nitrogen and oxygen atoms in total. The first kappa shape index (κ1) is 22.7. The number of amides is 1. The summed E-state index contributed by atoms with van der Waals surface area (Å²) in [5.41, 5.74) is 3.90. The second kappa shape index (κ2) is 9.58. The van der Waals surface area contributed by atoms with E-state index >= 15 is 0 Å². The molecule has 0 fully saturated rings. The molecule has 1 atom stereocenters. The molecule has 3 aromatic carbocycles. The molecule has 1 amide bonds. The van der Waals surface area contributed by atoms with Crippen LogP contribution in [0.15, 0.2) is 76.7 Å². The highest BCUT2D eigenvalue weighted by atomic mass is 32.2. The van der Waals surface area contributed by atoms with Crippen molar-refractivity contribution in [3.63, 3.8) is 0 Å². The smallest absolute Gasteiger partial charge is 0.266 e. The van der Waals surface area contributed by atoms with Crippen LogP contribution in [-0.4, -0.2) is 20.7 Å². The number of aryl methyl sites for hydroxylation is 2. The molecule has 7 heteroatoms. The fourth-order valence-corrected chi connectivity index (χ4v) is 4.63. The van der Waals surface area contributed by atoms with Crippen LogP contribution < -0.4 is 10.9 Å². The standard InChI is InChI=1S/C26H24FN3O2S/c1-16-7-6-8-17(2)23(16)30-25(32)21-9-4-5-10-22(21)29-26(30)33-18(3)24(31)28-15-19-11-13-20(27)14-12-19/h4-14,18H,15H2,1-3H3,(H,28,31). The predicted molar refractivity (Wildman–Crippen MR) is 130 cm³/mol. The Labute approximate surface area is 195 Å². The van der Waals surface area contributed by atoms with E-state index in [2.05, 4.69) is 5.32 Å². The van der Waals surface area contributed by atoms with Crippen LogP contribution in [0.3, 0.4) is 0 Å². The van der Waals surface area contributed by atoms with E-state index < -0.39 is 5.25 Å². The van der Waals surface area contributed by atoms with Gasteiger partial charge in [-0.05, 0) is 61.7 Å². The first-order chi connectivity index (χ1) is 15.8. The molecule has 4 rings (SSSR count). The molecule has 0 aliphatic rings. The number of nitrogens with zero attached hydrogens (tertiary/aromatic N) is 2. The van der Waals surface area contributed by atoms with Crippen molar-refractivity contribution in [1.82, 2.24) is 14.9 Å². The lowest BCUT2D eigenvalue weighted by Gasteiger charge is -2.19. The van der Waals surface area contributed by atoms with Gasteiger partial charge in [0.2, 0.25) is 5.91 Å². The average molecular weight is 462 g/mol. The topological polar surface area (TPSA) is 64.0 Å². The Morgan fingerprint density at radius 3 is 2.39 bits per heavy atom. The minimum Gasteiger partial charge on any atom is -0.351 e. The molecule has 1 heterocycles. The molecule has 0 aliphatic carbocycles. The quantitative estimate of drug-likeness (QED) is 0.326. The molecule has 0 bridgehead atoms. The number of hydrogen-bond donors (Lipinski definition) is 1. The number of aromatic nitrogens is 2. The van der Waals surface area contributed by atoms with Crippen molar-refractivity contribution in [3.05, 3.63) is 99.6 Å². The Morgan fingerprint density at radius 2 is 1.70 bits per heavy atom. The summed E-state index contributed by atoms with van der Waals surface area (Å²) in [4.78, 5) is 31.1. The Hall–Kier alpha value is -3.45. The molecule has 33 heavy (non-hydrogen) atoms. The van der Waals surface area contributed by atoms with Crippen LogP contribution in [0.4, 0.5) is 4.39 Å². The normalized spacial score (nSPS) is 12.0. The van der Waals surface area contributed by atoms with Gasteiger partial charge in [0, 0.05) is 6.54 Å². The van der Waals surface area contributed by atoms with E-state index in [1.807, 2.05) is 44.2 Å². The molecule has 4 aromatic rings. The summed E-state index contributed by atoms with van der Waals surface area (Å²) in [7, 11) is 0. The van der Waals surface area contributed by atoms with Crippen LogP contribution in [-0.2, 0) is 11.3 Å². The van der Waals surface area contributed by atoms with Gasteiger partial charge >= 0.3 is 0 Å². The van der Waals surface area contributed by atoms with Crippen LogP contribution in [0.1, 0.15) is 23.6 Å². The van der Waals surface area contributed by atoms with Crippen LogP contribution in [0, 0.1) is 19.7 Å². The second-order valence-corrected chi connectivity index (χ2v) is 9.20. The van der Waals surface area contributed by atoms with Gasteiger partial charge in [0.25, 0.3) is 5.56 Å². The van der Waals surface area contributed by atoms with Crippen molar-refractivity contribution in [3.8, 4) is 5.69 Å². The molecule has 168 valence electrons. The average Bonchev–Trinajstić information content (AvgIpc) is 2.80. The maximum Gasteiger partial charge on any atom is 0.266 e. The van der Waals surface area contributed by atoms with E-state index in [1.54, 1.807) is 35.8 Å². The second-order valence-electron chi connectivity index (χ2n) is 7.90. The highest BCUT2D eigenvalue weighted by Gasteiger charge is 2.21.